The van der Waals surface area contributed by atoms with Gasteiger partial charge in [-0.05, 0) is 30.4 Å². The number of carboxylic acid groups (broad SMARTS) is 1. The van der Waals surface area contributed by atoms with Crippen LogP contribution in [0.15, 0.2) is 6.07 Å². The zero-order chi connectivity index (χ0) is 12.6. The number of aliphatic carboxylic acids is 1. The summed E-state index contributed by atoms with van der Waals surface area (Å²) >= 11 is 7.58. The molecule has 2 atom stereocenters. The van der Waals surface area contributed by atoms with Gasteiger partial charge in [-0.2, -0.15) is 0 Å². The molecule has 1 heterocycles. The van der Waals surface area contributed by atoms with Gasteiger partial charge in [0.2, 0.25) is 0 Å². The van der Waals surface area contributed by atoms with Crippen LogP contribution in [-0.2, 0) is 11.2 Å². The van der Waals surface area contributed by atoms with Crippen LogP contribution in [-0.4, -0.2) is 17.1 Å². The molecule has 2 unspecified atom stereocenters. The maximum atomic E-state index is 11.2. The van der Waals surface area contributed by atoms with Crippen LogP contribution in [0.4, 0.5) is 0 Å². The minimum absolute atomic E-state index is 0.0747. The van der Waals surface area contributed by atoms with E-state index < -0.39 is 12.0 Å². The maximum absolute atomic E-state index is 11.2. The van der Waals surface area contributed by atoms with Gasteiger partial charge in [-0.15, -0.1) is 11.3 Å². The van der Waals surface area contributed by atoms with E-state index >= 15 is 0 Å². The fraction of sp³-hybridized carbons (Fsp3) is 0.583. The molecule has 0 radical (unpaired) electrons. The first-order chi connectivity index (χ1) is 7.99. The number of fused-ring (bicyclic) bond motifs is 1. The Labute approximate surface area is 110 Å². The SMILES string of the molecule is CC(C)C(NC1CCc2sc(Cl)cc21)C(=O)O. The molecule has 17 heavy (non-hydrogen) atoms. The Bertz CT molecular complexity index is 430. The van der Waals surface area contributed by atoms with Gasteiger partial charge in [0.15, 0.2) is 0 Å². The molecule has 0 bridgehead atoms. The molecule has 1 aromatic heterocycles. The molecule has 0 spiro atoms. The van der Waals surface area contributed by atoms with Crippen LogP contribution in [0, 0.1) is 5.92 Å². The summed E-state index contributed by atoms with van der Waals surface area (Å²) in [6, 6.07) is 1.60. The Kier molecular flexibility index (Phi) is 3.76. The Hall–Kier alpha value is -0.580. The second-order valence-corrected chi connectivity index (χ2v) is 6.51. The summed E-state index contributed by atoms with van der Waals surface area (Å²) in [6.45, 7) is 3.84. The average molecular weight is 274 g/mol. The first-order valence-electron chi connectivity index (χ1n) is 5.76. The molecule has 1 aromatic rings. The minimum atomic E-state index is -0.783. The summed E-state index contributed by atoms with van der Waals surface area (Å²) in [5.41, 5.74) is 1.19. The standard InChI is InChI=1S/C12H16ClNO2S/c1-6(2)11(12(15)16)14-8-3-4-9-7(8)5-10(13)17-9/h5-6,8,11,14H,3-4H2,1-2H3,(H,15,16). The third-order valence-corrected chi connectivity index (χ3v) is 4.50. The molecule has 0 saturated carbocycles. The smallest absolute Gasteiger partial charge is 0.320 e. The van der Waals surface area contributed by atoms with Gasteiger partial charge in [-0.25, -0.2) is 0 Å². The van der Waals surface area contributed by atoms with Crippen molar-refractivity contribution < 1.29 is 9.90 Å². The van der Waals surface area contributed by atoms with Crippen LogP contribution in [0.3, 0.4) is 0 Å². The molecule has 94 valence electrons. The molecule has 1 aliphatic rings. The van der Waals surface area contributed by atoms with E-state index in [4.69, 9.17) is 11.6 Å². The molecule has 0 fully saturated rings. The number of carbonyl (C=O) groups is 1. The maximum Gasteiger partial charge on any atom is 0.320 e. The lowest BCUT2D eigenvalue weighted by Gasteiger charge is -2.22. The van der Waals surface area contributed by atoms with E-state index in [0.717, 1.165) is 17.2 Å². The second-order valence-electron chi connectivity index (χ2n) is 4.75. The molecule has 2 N–H and O–H groups in total. The van der Waals surface area contributed by atoms with Crippen molar-refractivity contribution in [3.05, 3.63) is 20.8 Å². The van der Waals surface area contributed by atoms with Crippen molar-refractivity contribution in [3.63, 3.8) is 0 Å². The van der Waals surface area contributed by atoms with E-state index in [0.29, 0.717) is 0 Å². The van der Waals surface area contributed by atoms with Gasteiger partial charge in [0.25, 0.3) is 0 Å². The second kappa shape index (κ2) is 4.96. The summed E-state index contributed by atoms with van der Waals surface area (Å²) in [5.74, 6) is -0.708. The van der Waals surface area contributed by atoms with E-state index in [1.54, 1.807) is 11.3 Å². The van der Waals surface area contributed by atoms with Gasteiger partial charge < -0.3 is 5.11 Å². The van der Waals surface area contributed by atoms with Crippen LogP contribution < -0.4 is 5.32 Å². The van der Waals surface area contributed by atoms with Crippen molar-refractivity contribution in [3.8, 4) is 0 Å². The van der Waals surface area contributed by atoms with Crippen molar-refractivity contribution >= 4 is 28.9 Å². The lowest BCUT2D eigenvalue weighted by atomic mass is 10.0. The highest BCUT2D eigenvalue weighted by atomic mass is 35.5. The van der Waals surface area contributed by atoms with Crippen molar-refractivity contribution in [2.45, 2.75) is 38.8 Å². The number of halogens is 1. The Morgan fingerprint density at radius 2 is 2.35 bits per heavy atom. The van der Waals surface area contributed by atoms with E-state index in [-0.39, 0.29) is 12.0 Å². The summed E-state index contributed by atoms with van der Waals surface area (Å²) in [6.07, 6.45) is 1.96. The van der Waals surface area contributed by atoms with Crippen LogP contribution in [0.1, 0.15) is 36.8 Å². The zero-order valence-corrected chi connectivity index (χ0v) is 11.4. The van der Waals surface area contributed by atoms with E-state index in [9.17, 15) is 9.90 Å². The Morgan fingerprint density at radius 3 is 2.94 bits per heavy atom. The van der Waals surface area contributed by atoms with Gasteiger partial charge in [-0.1, -0.05) is 25.4 Å². The molecule has 1 aliphatic carbocycles. The molecular formula is C12H16ClNO2S. The van der Waals surface area contributed by atoms with Crippen molar-refractivity contribution in [1.29, 1.82) is 0 Å². The number of hydrogen-bond donors (Lipinski definition) is 2. The van der Waals surface area contributed by atoms with Crippen LogP contribution in [0.25, 0.3) is 0 Å². The van der Waals surface area contributed by atoms with Gasteiger partial charge in [-0.3, -0.25) is 10.1 Å². The topological polar surface area (TPSA) is 49.3 Å². The summed E-state index contributed by atoms with van der Waals surface area (Å²) in [4.78, 5) is 12.5. The molecule has 0 saturated heterocycles. The van der Waals surface area contributed by atoms with E-state index in [1.165, 1.54) is 10.4 Å². The van der Waals surface area contributed by atoms with Crippen molar-refractivity contribution in [2.24, 2.45) is 5.92 Å². The predicted molar refractivity (Wildman–Crippen MR) is 69.8 cm³/mol. The fourth-order valence-electron chi connectivity index (χ4n) is 2.27. The molecule has 0 aromatic carbocycles. The number of aryl methyl sites for hydroxylation is 1. The number of thiophene rings is 1. The quantitative estimate of drug-likeness (QED) is 0.886. The van der Waals surface area contributed by atoms with Crippen LogP contribution in [0.2, 0.25) is 4.34 Å². The van der Waals surface area contributed by atoms with E-state index in [1.807, 2.05) is 19.9 Å². The molecule has 0 aliphatic heterocycles. The lowest BCUT2D eigenvalue weighted by Crippen LogP contribution is -2.42. The number of nitrogens with one attached hydrogen (secondary N) is 1. The third kappa shape index (κ3) is 2.64. The minimum Gasteiger partial charge on any atom is -0.480 e. The highest BCUT2D eigenvalue weighted by molar-refractivity contribution is 7.16. The predicted octanol–water partition coefficient (Wildman–Crippen LogP) is 3.09. The molecule has 2 rings (SSSR count). The highest BCUT2D eigenvalue weighted by Crippen LogP contribution is 2.39. The number of rotatable bonds is 4. The zero-order valence-electron chi connectivity index (χ0n) is 9.87. The van der Waals surface area contributed by atoms with Gasteiger partial charge in [0.1, 0.15) is 6.04 Å². The normalized spacial score (nSPS) is 20.6. The lowest BCUT2D eigenvalue weighted by molar-refractivity contribution is -0.140. The third-order valence-electron chi connectivity index (χ3n) is 3.16. The van der Waals surface area contributed by atoms with Gasteiger partial charge >= 0.3 is 5.97 Å². The highest BCUT2D eigenvalue weighted by Gasteiger charge is 2.30. The molecular weight excluding hydrogens is 258 g/mol. The molecule has 3 nitrogen and oxygen atoms in total. The van der Waals surface area contributed by atoms with Gasteiger partial charge in [0, 0.05) is 10.9 Å². The van der Waals surface area contributed by atoms with E-state index in [2.05, 4.69) is 5.32 Å². The van der Waals surface area contributed by atoms with Crippen LogP contribution >= 0.6 is 22.9 Å². The molecule has 5 heteroatoms. The Morgan fingerprint density at radius 1 is 1.65 bits per heavy atom. The summed E-state index contributed by atoms with van der Waals surface area (Å²) < 4.78 is 0.790. The summed E-state index contributed by atoms with van der Waals surface area (Å²) in [5, 5.41) is 12.4. The van der Waals surface area contributed by atoms with Crippen LogP contribution in [0.5, 0.6) is 0 Å². The Balaban J connectivity index is 2.12. The molecule has 0 amide bonds. The van der Waals surface area contributed by atoms with Gasteiger partial charge in [0.05, 0.1) is 4.34 Å². The number of carboxylic acids is 1. The fourth-order valence-corrected chi connectivity index (χ4v) is 3.63. The first-order valence-corrected chi connectivity index (χ1v) is 6.95. The monoisotopic (exact) mass is 273 g/mol. The largest absolute Gasteiger partial charge is 0.480 e. The van der Waals surface area contributed by atoms with Crippen molar-refractivity contribution in [1.82, 2.24) is 5.32 Å². The number of hydrogen-bond acceptors (Lipinski definition) is 3. The first kappa shape index (κ1) is 12.9. The van der Waals surface area contributed by atoms with Crippen molar-refractivity contribution in [2.75, 3.05) is 0 Å². The average Bonchev–Trinajstić information content (AvgIpc) is 2.73. The summed E-state index contributed by atoms with van der Waals surface area (Å²) in [7, 11) is 0.